The molecule has 50 valence electrons. The molecular formula is C5H6S4. The van der Waals surface area contributed by atoms with Gasteiger partial charge in [0.25, 0.3) is 0 Å². The van der Waals surface area contributed by atoms with E-state index in [0.29, 0.717) is 9.06 Å². The quantitative estimate of drug-likeness (QED) is 0.541. The Labute approximate surface area is 76.4 Å². The molecule has 0 aliphatic rings. The lowest BCUT2D eigenvalue weighted by atomic mass is 10.3. The van der Waals surface area contributed by atoms with Crippen LogP contribution < -0.4 is 0 Å². The maximum absolute atomic E-state index is 4.88. The zero-order valence-corrected chi connectivity index (χ0v) is 8.22. The highest BCUT2D eigenvalue weighted by Gasteiger charge is 2.03. The lowest BCUT2D eigenvalue weighted by Crippen LogP contribution is -2.12. The van der Waals surface area contributed by atoms with Gasteiger partial charge in [0.2, 0.25) is 0 Å². The Hall–Kier alpha value is 0.620. The molecule has 0 fully saturated rings. The molecule has 9 heavy (non-hydrogen) atoms. The van der Waals surface area contributed by atoms with E-state index in [2.05, 4.69) is 12.6 Å². The molecule has 0 aliphatic heterocycles. The van der Waals surface area contributed by atoms with E-state index < -0.39 is 0 Å². The third-order valence-corrected chi connectivity index (χ3v) is 2.55. The number of rotatable bonds is 3. The SMILES string of the molecule is CCC(=S)C(=S)C(=S)S. The van der Waals surface area contributed by atoms with Gasteiger partial charge in [0.05, 0.1) is 9.06 Å². The van der Waals surface area contributed by atoms with Gasteiger partial charge >= 0.3 is 0 Å². The second-order valence-electron chi connectivity index (χ2n) is 1.41. The van der Waals surface area contributed by atoms with Crippen molar-refractivity contribution in [1.82, 2.24) is 0 Å². The molecule has 0 atom stereocenters. The normalized spacial score (nSPS) is 8.67. The van der Waals surface area contributed by atoms with Crippen LogP contribution in [0, 0.1) is 0 Å². The van der Waals surface area contributed by atoms with Gasteiger partial charge in [0.1, 0.15) is 0 Å². The van der Waals surface area contributed by atoms with Crippen LogP contribution >= 0.6 is 49.3 Å². The maximum atomic E-state index is 4.88. The van der Waals surface area contributed by atoms with Crippen molar-refractivity contribution in [2.24, 2.45) is 0 Å². The summed E-state index contributed by atoms with van der Waals surface area (Å²) in [5.74, 6) is 0. The van der Waals surface area contributed by atoms with Crippen LogP contribution in [-0.4, -0.2) is 13.9 Å². The summed E-state index contributed by atoms with van der Waals surface area (Å²) >= 11 is 18.3. The summed E-state index contributed by atoms with van der Waals surface area (Å²) in [6, 6.07) is 0. The van der Waals surface area contributed by atoms with E-state index in [-0.39, 0.29) is 0 Å². The Morgan fingerprint density at radius 2 is 1.78 bits per heavy atom. The average Bonchev–Trinajstić information content (AvgIpc) is 1.84. The molecule has 0 amide bonds. The van der Waals surface area contributed by atoms with E-state index >= 15 is 0 Å². The molecule has 0 nitrogen and oxygen atoms in total. The molecule has 0 unspecified atom stereocenters. The zero-order chi connectivity index (χ0) is 7.44. The molecule has 0 saturated heterocycles. The monoisotopic (exact) mass is 194 g/mol. The molecule has 0 heterocycles. The summed E-state index contributed by atoms with van der Waals surface area (Å²) in [5, 5.41) is 0. The van der Waals surface area contributed by atoms with Crippen LogP contribution in [0.3, 0.4) is 0 Å². The Morgan fingerprint density at radius 3 is 1.89 bits per heavy atom. The lowest BCUT2D eigenvalue weighted by Gasteiger charge is -1.96. The first-order valence-corrected chi connectivity index (χ1v) is 4.07. The highest BCUT2D eigenvalue weighted by Crippen LogP contribution is 1.96. The predicted octanol–water partition coefficient (Wildman–Crippen LogP) is 2.39. The largest absolute Gasteiger partial charge is 0.130 e. The number of hydrogen-bond acceptors (Lipinski definition) is 3. The van der Waals surface area contributed by atoms with E-state index in [9.17, 15) is 0 Å². The van der Waals surface area contributed by atoms with E-state index in [0.717, 1.165) is 11.3 Å². The standard InChI is InChI=1S/C5H6S4/c1-2-3(6)4(7)5(8)9/h2H2,1H3,(H,8,9). The van der Waals surface area contributed by atoms with Gasteiger partial charge in [-0.3, -0.25) is 0 Å². The minimum atomic E-state index is 0.428. The summed E-state index contributed by atoms with van der Waals surface area (Å²) < 4.78 is 0.428. The van der Waals surface area contributed by atoms with Crippen LogP contribution in [0.5, 0.6) is 0 Å². The van der Waals surface area contributed by atoms with E-state index in [4.69, 9.17) is 36.7 Å². The van der Waals surface area contributed by atoms with Gasteiger partial charge in [0.15, 0.2) is 0 Å². The van der Waals surface area contributed by atoms with Crippen molar-refractivity contribution in [3.8, 4) is 0 Å². The van der Waals surface area contributed by atoms with Gasteiger partial charge in [0, 0.05) is 4.86 Å². The summed E-state index contributed by atoms with van der Waals surface area (Å²) in [6.45, 7) is 1.95. The summed E-state index contributed by atoms with van der Waals surface area (Å²) in [7, 11) is 0. The van der Waals surface area contributed by atoms with Gasteiger partial charge in [-0.25, -0.2) is 0 Å². The third kappa shape index (κ3) is 3.35. The molecule has 0 saturated carbocycles. The van der Waals surface area contributed by atoms with Crippen molar-refractivity contribution in [3.63, 3.8) is 0 Å². The average molecular weight is 194 g/mol. The molecule has 0 aromatic rings. The molecule has 0 aromatic heterocycles. The van der Waals surface area contributed by atoms with Crippen molar-refractivity contribution < 1.29 is 0 Å². The first kappa shape index (κ1) is 9.62. The van der Waals surface area contributed by atoms with Crippen molar-refractivity contribution in [3.05, 3.63) is 0 Å². The molecule has 0 bridgehead atoms. The number of hydrogen-bond donors (Lipinski definition) is 1. The highest BCUT2D eigenvalue weighted by atomic mass is 32.1. The Kier molecular flexibility index (Phi) is 4.74. The first-order chi connectivity index (χ1) is 4.09. The van der Waals surface area contributed by atoms with Gasteiger partial charge in [-0.2, -0.15) is 0 Å². The van der Waals surface area contributed by atoms with E-state index in [1.165, 1.54) is 0 Å². The van der Waals surface area contributed by atoms with Gasteiger partial charge < -0.3 is 0 Å². The molecule has 0 rings (SSSR count). The highest BCUT2D eigenvalue weighted by molar-refractivity contribution is 8.17. The molecule has 4 heteroatoms. The smallest absolute Gasteiger partial charge is 0.0867 e. The Balaban J connectivity index is 4.05. The zero-order valence-electron chi connectivity index (χ0n) is 4.88. The molecule has 0 aromatic carbocycles. The summed E-state index contributed by atoms with van der Waals surface area (Å²) in [4.78, 5) is 1.27. The third-order valence-electron chi connectivity index (χ3n) is 0.769. The fourth-order valence-corrected chi connectivity index (χ4v) is 0.925. The first-order valence-electron chi connectivity index (χ1n) is 2.40. The summed E-state index contributed by atoms with van der Waals surface area (Å²) in [5.41, 5.74) is 0. The van der Waals surface area contributed by atoms with Gasteiger partial charge in [-0.1, -0.05) is 43.6 Å². The second kappa shape index (κ2) is 4.44. The van der Waals surface area contributed by atoms with E-state index in [1.807, 2.05) is 6.92 Å². The predicted molar refractivity (Wildman–Crippen MR) is 57.1 cm³/mol. The van der Waals surface area contributed by atoms with Gasteiger partial charge in [-0.05, 0) is 6.42 Å². The van der Waals surface area contributed by atoms with Crippen molar-refractivity contribution in [2.75, 3.05) is 0 Å². The minimum Gasteiger partial charge on any atom is -0.130 e. The Bertz CT molecular complexity index is 158. The molecule has 0 spiro atoms. The molecule has 0 aliphatic carbocycles. The van der Waals surface area contributed by atoms with Crippen LogP contribution in [0.25, 0.3) is 0 Å². The number of thiocarbonyl (C=S) groups is 3. The van der Waals surface area contributed by atoms with Crippen LogP contribution in [0.2, 0.25) is 0 Å². The van der Waals surface area contributed by atoms with Crippen LogP contribution in [0.15, 0.2) is 0 Å². The van der Waals surface area contributed by atoms with Crippen LogP contribution in [0.1, 0.15) is 13.3 Å². The number of thiol groups is 1. The van der Waals surface area contributed by atoms with Crippen LogP contribution in [-0.2, 0) is 0 Å². The maximum Gasteiger partial charge on any atom is 0.0867 e. The van der Waals surface area contributed by atoms with Crippen molar-refractivity contribution in [1.29, 1.82) is 0 Å². The fraction of sp³-hybridized carbons (Fsp3) is 0.400. The van der Waals surface area contributed by atoms with Gasteiger partial charge in [-0.15, -0.1) is 12.6 Å². The van der Waals surface area contributed by atoms with E-state index in [1.54, 1.807) is 0 Å². The second-order valence-corrected chi connectivity index (χ2v) is 3.47. The molecule has 0 N–H and O–H groups in total. The van der Waals surface area contributed by atoms with Crippen molar-refractivity contribution >= 4 is 63.2 Å². The lowest BCUT2D eigenvalue weighted by molar-refractivity contribution is 1.34. The molecular weight excluding hydrogens is 188 g/mol. The topological polar surface area (TPSA) is 0 Å². The van der Waals surface area contributed by atoms with Crippen LogP contribution in [0.4, 0.5) is 0 Å². The minimum absolute atomic E-state index is 0.428. The molecule has 0 radical (unpaired) electrons. The fourth-order valence-electron chi connectivity index (χ4n) is 0.280. The Morgan fingerprint density at radius 1 is 1.33 bits per heavy atom. The van der Waals surface area contributed by atoms with Crippen molar-refractivity contribution in [2.45, 2.75) is 13.3 Å². The summed E-state index contributed by atoms with van der Waals surface area (Å²) in [6.07, 6.45) is 0.773.